The molecule has 104 valence electrons. The van der Waals surface area contributed by atoms with Gasteiger partial charge in [-0.1, -0.05) is 19.8 Å². The van der Waals surface area contributed by atoms with E-state index in [2.05, 4.69) is 11.9 Å². The minimum absolute atomic E-state index is 0.0376. The highest BCUT2D eigenvalue weighted by molar-refractivity contribution is 5.30. The lowest BCUT2D eigenvalue weighted by molar-refractivity contribution is -0.152. The van der Waals surface area contributed by atoms with Crippen LogP contribution in [0.25, 0.3) is 0 Å². The summed E-state index contributed by atoms with van der Waals surface area (Å²) in [5, 5.41) is 10.1. The number of hydrogen-bond donors (Lipinski definition) is 1. The molecule has 3 nitrogen and oxygen atoms in total. The van der Waals surface area contributed by atoms with Crippen molar-refractivity contribution in [3.8, 4) is 5.75 Å². The number of pyridine rings is 1. The van der Waals surface area contributed by atoms with Gasteiger partial charge in [0.1, 0.15) is 11.9 Å². The summed E-state index contributed by atoms with van der Waals surface area (Å²) < 4.78 is 6.21. The fourth-order valence-electron chi connectivity index (χ4n) is 3.69. The van der Waals surface area contributed by atoms with E-state index in [0.29, 0.717) is 0 Å². The van der Waals surface area contributed by atoms with E-state index >= 15 is 0 Å². The fourth-order valence-corrected chi connectivity index (χ4v) is 3.69. The molecule has 1 N–H and O–H groups in total. The van der Waals surface area contributed by atoms with Crippen LogP contribution in [0.4, 0.5) is 0 Å². The van der Waals surface area contributed by atoms with Gasteiger partial charge in [-0.2, -0.15) is 0 Å². The van der Waals surface area contributed by atoms with Gasteiger partial charge in [-0.25, -0.2) is 0 Å². The third-order valence-electron chi connectivity index (χ3n) is 4.95. The standard InChI is InChI=1S/C16H23NO2/c1-3-12-13(7-6-11(2)17-12)19-15-10-14(18)16(15)8-4-5-9-16/h6-7,14-15,18H,3-5,8-10H2,1-2H3. The van der Waals surface area contributed by atoms with Crippen molar-refractivity contribution >= 4 is 0 Å². The summed E-state index contributed by atoms with van der Waals surface area (Å²) in [4.78, 5) is 4.55. The Morgan fingerprint density at radius 3 is 2.74 bits per heavy atom. The molecule has 1 aromatic rings. The molecule has 1 heterocycles. The molecule has 2 unspecified atom stereocenters. The molecule has 2 saturated carbocycles. The zero-order valence-corrected chi connectivity index (χ0v) is 11.9. The Morgan fingerprint density at radius 1 is 1.37 bits per heavy atom. The second kappa shape index (κ2) is 4.78. The Morgan fingerprint density at radius 2 is 2.11 bits per heavy atom. The van der Waals surface area contributed by atoms with E-state index in [-0.39, 0.29) is 17.6 Å². The summed E-state index contributed by atoms with van der Waals surface area (Å²) in [7, 11) is 0. The zero-order chi connectivity index (χ0) is 13.5. The molecule has 0 radical (unpaired) electrons. The Kier molecular flexibility index (Phi) is 3.25. The largest absolute Gasteiger partial charge is 0.488 e. The molecule has 1 aromatic heterocycles. The molecule has 2 aliphatic rings. The average molecular weight is 261 g/mol. The summed E-state index contributed by atoms with van der Waals surface area (Å²) in [6.45, 7) is 4.12. The van der Waals surface area contributed by atoms with Gasteiger partial charge >= 0.3 is 0 Å². The number of rotatable bonds is 3. The van der Waals surface area contributed by atoms with Crippen molar-refractivity contribution in [1.82, 2.24) is 4.98 Å². The Labute approximate surface area is 115 Å². The monoisotopic (exact) mass is 261 g/mol. The van der Waals surface area contributed by atoms with Crippen LogP contribution in [-0.4, -0.2) is 22.3 Å². The van der Waals surface area contributed by atoms with Crippen LogP contribution in [0, 0.1) is 12.3 Å². The number of aliphatic hydroxyl groups is 1. The lowest BCUT2D eigenvalue weighted by Gasteiger charge is -2.51. The minimum Gasteiger partial charge on any atom is -0.488 e. The normalized spacial score (nSPS) is 28.4. The average Bonchev–Trinajstić information content (AvgIpc) is 2.92. The van der Waals surface area contributed by atoms with Gasteiger partial charge in [0.2, 0.25) is 0 Å². The van der Waals surface area contributed by atoms with Crippen LogP contribution in [0.3, 0.4) is 0 Å². The van der Waals surface area contributed by atoms with E-state index in [1.807, 2.05) is 19.1 Å². The summed E-state index contributed by atoms with van der Waals surface area (Å²) in [5.74, 6) is 0.913. The first-order valence-corrected chi connectivity index (χ1v) is 7.47. The van der Waals surface area contributed by atoms with Crippen molar-refractivity contribution < 1.29 is 9.84 Å². The lowest BCUT2D eigenvalue weighted by Crippen LogP contribution is -2.58. The highest BCUT2D eigenvalue weighted by atomic mass is 16.5. The van der Waals surface area contributed by atoms with Gasteiger partial charge < -0.3 is 9.84 Å². The molecule has 2 atom stereocenters. The van der Waals surface area contributed by atoms with E-state index < -0.39 is 0 Å². The SMILES string of the molecule is CCc1nc(C)ccc1OC1CC(O)C12CCCC2. The third-order valence-corrected chi connectivity index (χ3v) is 4.95. The van der Waals surface area contributed by atoms with Gasteiger partial charge in [0.05, 0.1) is 11.8 Å². The van der Waals surface area contributed by atoms with Crippen LogP contribution in [0.5, 0.6) is 5.75 Å². The van der Waals surface area contributed by atoms with Gasteiger partial charge in [0.15, 0.2) is 0 Å². The molecule has 0 bridgehead atoms. The molecule has 2 fully saturated rings. The van der Waals surface area contributed by atoms with Crippen LogP contribution in [0.2, 0.25) is 0 Å². The van der Waals surface area contributed by atoms with E-state index in [9.17, 15) is 5.11 Å². The number of aryl methyl sites for hydroxylation is 2. The predicted molar refractivity (Wildman–Crippen MR) is 74.3 cm³/mol. The molecule has 0 amide bonds. The number of ether oxygens (including phenoxy) is 1. The molecule has 2 aliphatic carbocycles. The Balaban J connectivity index is 1.79. The van der Waals surface area contributed by atoms with Crippen LogP contribution in [0.1, 0.15) is 50.4 Å². The number of aliphatic hydroxyl groups excluding tert-OH is 1. The maximum Gasteiger partial charge on any atom is 0.141 e. The fraction of sp³-hybridized carbons (Fsp3) is 0.688. The predicted octanol–water partition coefficient (Wildman–Crippen LogP) is 3.02. The first-order chi connectivity index (χ1) is 9.15. The summed E-state index contributed by atoms with van der Waals surface area (Å²) >= 11 is 0. The van der Waals surface area contributed by atoms with Crippen molar-refractivity contribution in [2.45, 2.75) is 64.6 Å². The van der Waals surface area contributed by atoms with E-state index in [1.165, 1.54) is 12.8 Å². The summed E-state index contributed by atoms with van der Waals surface area (Å²) in [5.41, 5.74) is 2.11. The van der Waals surface area contributed by atoms with Crippen LogP contribution < -0.4 is 4.74 Å². The van der Waals surface area contributed by atoms with Crippen molar-refractivity contribution in [2.24, 2.45) is 5.41 Å². The molecule has 3 rings (SSSR count). The van der Waals surface area contributed by atoms with Crippen molar-refractivity contribution in [1.29, 1.82) is 0 Å². The topological polar surface area (TPSA) is 42.4 Å². The molecular formula is C16H23NO2. The first kappa shape index (κ1) is 12.9. The van der Waals surface area contributed by atoms with Gasteiger partial charge in [-0.15, -0.1) is 0 Å². The highest BCUT2D eigenvalue weighted by Gasteiger charge is 2.57. The molecule has 1 spiro atoms. The van der Waals surface area contributed by atoms with Crippen molar-refractivity contribution in [3.05, 3.63) is 23.5 Å². The smallest absolute Gasteiger partial charge is 0.141 e. The zero-order valence-electron chi connectivity index (χ0n) is 11.9. The lowest BCUT2D eigenvalue weighted by atomic mass is 9.62. The molecule has 19 heavy (non-hydrogen) atoms. The highest BCUT2D eigenvalue weighted by Crippen LogP contribution is 2.54. The second-order valence-corrected chi connectivity index (χ2v) is 6.05. The van der Waals surface area contributed by atoms with Crippen LogP contribution >= 0.6 is 0 Å². The van der Waals surface area contributed by atoms with Gasteiger partial charge in [-0.05, 0) is 38.3 Å². The molecule has 0 aliphatic heterocycles. The number of aromatic nitrogens is 1. The van der Waals surface area contributed by atoms with E-state index in [4.69, 9.17) is 4.74 Å². The third kappa shape index (κ3) is 2.04. The van der Waals surface area contributed by atoms with Gasteiger partial charge in [-0.3, -0.25) is 4.98 Å². The maximum absolute atomic E-state index is 10.1. The van der Waals surface area contributed by atoms with Crippen LogP contribution in [-0.2, 0) is 6.42 Å². The van der Waals surface area contributed by atoms with Crippen LogP contribution in [0.15, 0.2) is 12.1 Å². The second-order valence-electron chi connectivity index (χ2n) is 6.05. The molecule has 0 saturated heterocycles. The van der Waals surface area contributed by atoms with Gasteiger partial charge in [0.25, 0.3) is 0 Å². The molecular weight excluding hydrogens is 238 g/mol. The van der Waals surface area contributed by atoms with E-state index in [1.54, 1.807) is 0 Å². The van der Waals surface area contributed by atoms with E-state index in [0.717, 1.165) is 42.8 Å². The van der Waals surface area contributed by atoms with Gasteiger partial charge in [0, 0.05) is 17.5 Å². The quantitative estimate of drug-likeness (QED) is 0.909. The number of nitrogens with zero attached hydrogens (tertiary/aromatic N) is 1. The first-order valence-electron chi connectivity index (χ1n) is 7.47. The summed E-state index contributed by atoms with van der Waals surface area (Å²) in [6, 6.07) is 4.04. The Bertz CT molecular complexity index is 466. The Hall–Kier alpha value is -1.09. The van der Waals surface area contributed by atoms with Crippen molar-refractivity contribution in [3.63, 3.8) is 0 Å². The molecule has 0 aromatic carbocycles. The van der Waals surface area contributed by atoms with Crippen molar-refractivity contribution in [2.75, 3.05) is 0 Å². The number of hydrogen-bond acceptors (Lipinski definition) is 3. The minimum atomic E-state index is -0.163. The molecule has 3 heteroatoms. The maximum atomic E-state index is 10.1. The summed E-state index contributed by atoms with van der Waals surface area (Å²) in [6.07, 6.45) is 6.35.